The molecular weight excluding hydrogens is 451 g/mol. The number of fused-ring (bicyclic) bond motifs is 3. The van der Waals surface area contributed by atoms with Gasteiger partial charge in [0.25, 0.3) is 0 Å². The van der Waals surface area contributed by atoms with E-state index in [1.54, 1.807) is 0 Å². The van der Waals surface area contributed by atoms with Gasteiger partial charge in [0.2, 0.25) is 5.95 Å². The molecule has 4 heterocycles. The molecule has 3 aromatic heterocycles. The zero-order valence-electron chi connectivity index (χ0n) is 19.8. The molecule has 1 aliphatic heterocycles. The Balaban J connectivity index is 1.33. The number of aliphatic hydroxyl groups excluding tert-OH is 1. The summed E-state index contributed by atoms with van der Waals surface area (Å²) < 4.78 is 22.9. The van der Waals surface area contributed by atoms with Crippen molar-refractivity contribution in [2.75, 3.05) is 24.3 Å². The number of nitrogens with zero attached hydrogens (tertiary/aromatic N) is 7. The number of ether oxygens (including phenoxy) is 1. The van der Waals surface area contributed by atoms with E-state index in [9.17, 15) is 9.50 Å². The molecule has 2 aliphatic rings. The molecule has 1 aliphatic carbocycles. The van der Waals surface area contributed by atoms with Crippen LogP contribution in [0.2, 0.25) is 0 Å². The summed E-state index contributed by atoms with van der Waals surface area (Å²) in [5.41, 5.74) is 8.21. The van der Waals surface area contributed by atoms with E-state index in [1.807, 2.05) is 17.1 Å². The van der Waals surface area contributed by atoms with Gasteiger partial charge in [0.15, 0.2) is 23.0 Å². The Bertz CT molecular complexity index is 1400. The summed E-state index contributed by atoms with van der Waals surface area (Å²) >= 11 is 0. The molecule has 0 spiro atoms. The van der Waals surface area contributed by atoms with E-state index in [0.29, 0.717) is 28.4 Å². The molecule has 2 fully saturated rings. The Hall–Kier alpha value is -3.47. The standard InChI is InChI=1S/C24H29FN8O2/c1-13-6-7-14(11-31(13)15-10-27-32(12-15)19-4-3-5-20(19)34)22-29-23-16-8-17(25)21(35-2)9-18(16)28-24(26)33(23)30-22/h8-10,12-14,19-20,34H,3-7,11H2,1-2H3,(H2,26,28)/t13-,14+,19-,20-/m1/s1. The molecule has 4 aromatic rings. The average Bonchev–Trinajstić information content (AvgIpc) is 3.59. The van der Waals surface area contributed by atoms with Crippen molar-refractivity contribution in [3.8, 4) is 5.75 Å². The third-order valence-corrected chi connectivity index (χ3v) is 7.54. The van der Waals surface area contributed by atoms with E-state index < -0.39 is 5.82 Å². The van der Waals surface area contributed by atoms with Crippen LogP contribution in [-0.4, -0.2) is 60.3 Å². The van der Waals surface area contributed by atoms with Gasteiger partial charge >= 0.3 is 0 Å². The van der Waals surface area contributed by atoms with Crippen LogP contribution in [0.1, 0.15) is 56.8 Å². The first kappa shape index (κ1) is 22.0. The minimum absolute atomic E-state index is 0.0440. The molecule has 4 atom stereocenters. The Morgan fingerprint density at radius 2 is 2.03 bits per heavy atom. The third kappa shape index (κ3) is 3.65. The van der Waals surface area contributed by atoms with Crippen LogP contribution in [0.4, 0.5) is 16.0 Å². The van der Waals surface area contributed by atoms with Gasteiger partial charge in [0.1, 0.15) is 0 Å². The maximum atomic E-state index is 14.5. The Morgan fingerprint density at radius 1 is 1.17 bits per heavy atom. The molecule has 1 aromatic carbocycles. The van der Waals surface area contributed by atoms with Crippen LogP contribution in [0.3, 0.4) is 0 Å². The van der Waals surface area contributed by atoms with Gasteiger partial charge in [-0.2, -0.15) is 9.61 Å². The van der Waals surface area contributed by atoms with Crippen molar-refractivity contribution < 1.29 is 14.2 Å². The van der Waals surface area contributed by atoms with Gasteiger partial charge in [-0.15, -0.1) is 5.10 Å². The lowest BCUT2D eigenvalue weighted by molar-refractivity contribution is 0.130. The van der Waals surface area contributed by atoms with Gasteiger partial charge in [-0.25, -0.2) is 14.4 Å². The van der Waals surface area contributed by atoms with Crippen molar-refractivity contribution in [1.82, 2.24) is 29.4 Å². The number of rotatable bonds is 4. The van der Waals surface area contributed by atoms with Crippen molar-refractivity contribution >= 4 is 28.2 Å². The van der Waals surface area contributed by atoms with Gasteiger partial charge in [0, 0.05) is 36.2 Å². The zero-order chi connectivity index (χ0) is 24.3. The van der Waals surface area contributed by atoms with Crippen molar-refractivity contribution in [3.63, 3.8) is 0 Å². The molecule has 0 bridgehead atoms. The van der Waals surface area contributed by atoms with Gasteiger partial charge < -0.3 is 20.5 Å². The van der Waals surface area contributed by atoms with E-state index in [2.05, 4.69) is 27.0 Å². The maximum Gasteiger partial charge on any atom is 0.223 e. The quantitative estimate of drug-likeness (QED) is 0.457. The average molecular weight is 481 g/mol. The first-order chi connectivity index (χ1) is 16.9. The molecule has 35 heavy (non-hydrogen) atoms. The molecule has 0 unspecified atom stereocenters. The predicted octanol–water partition coefficient (Wildman–Crippen LogP) is 3.06. The summed E-state index contributed by atoms with van der Waals surface area (Å²) in [6.45, 7) is 2.94. The van der Waals surface area contributed by atoms with Gasteiger partial charge in [-0.05, 0) is 45.1 Å². The van der Waals surface area contributed by atoms with E-state index in [-0.39, 0.29) is 29.8 Å². The number of benzene rings is 1. The number of aromatic nitrogens is 6. The van der Waals surface area contributed by atoms with Crippen LogP contribution < -0.4 is 15.4 Å². The summed E-state index contributed by atoms with van der Waals surface area (Å²) in [6.07, 6.45) is 8.27. The Labute approximate surface area is 201 Å². The SMILES string of the molecule is COc1cc2nc(N)n3nc([C@H]4CC[C@@H](C)N(c5cnn([C@@H]6CCC[C@H]6O)c5)C4)nc3c2cc1F. The predicted molar refractivity (Wildman–Crippen MR) is 129 cm³/mol. The van der Waals surface area contributed by atoms with Gasteiger partial charge in [0.05, 0.1) is 36.7 Å². The van der Waals surface area contributed by atoms with E-state index >= 15 is 0 Å². The Kier molecular flexibility index (Phi) is 5.24. The minimum atomic E-state index is -0.486. The maximum absolute atomic E-state index is 14.5. The fourth-order valence-corrected chi connectivity index (χ4v) is 5.54. The van der Waals surface area contributed by atoms with Crippen LogP contribution in [-0.2, 0) is 0 Å². The van der Waals surface area contributed by atoms with Gasteiger partial charge in [-0.1, -0.05) is 0 Å². The second-order valence-corrected chi connectivity index (χ2v) is 9.70. The van der Waals surface area contributed by atoms with E-state index in [0.717, 1.165) is 44.3 Å². The van der Waals surface area contributed by atoms with Crippen LogP contribution in [0.5, 0.6) is 5.75 Å². The number of hydrogen-bond acceptors (Lipinski definition) is 8. The monoisotopic (exact) mass is 480 g/mol. The lowest BCUT2D eigenvalue weighted by Crippen LogP contribution is -2.41. The number of nitrogens with two attached hydrogens (primary N) is 1. The van der Waals surface area contributed by atoms with Crippen molar-refractivity contribution in [3.05, 3.63) is 36.2 Å². The smallest absolute Gasteiger partial charge is 0.223 e. The van der Waals surface area contributed by atoms with Gasteiger partial charge in [-0.3, -0.25) is 4.68 Å². The first-order valence-electron chi connectivity index (χ1n) is 12.1. The first-order valence-corrected chi connectivity index (χ1v) is 12.1. The van der Waals surface area contributed by atoms with E-state index in [4.69, 9.17) is 15.5 Å². The van der Waals surface area contributed by atoms with Crippen LogP contribution in [0.25, 0.3) is 16.6 Å². The highest BCUT2D eigenvalue weighted by Gasteiger charge is 2.32. The summed E-state index contributed by atoms with van der Waals surface area (Å²) in [5, 5.41) is 20.1. The fraction of sp³-hybridized carbons (Fsp3) is 0.500. The number of nitrogen functional groups attached to an aromatic ring is 1. The number of halogens is 1. The molecule has 11 heteroatoms. The molecule has 0 radical (unpaired) electrons. The normalized spacial score (nSPS) is 25.1. The van der Waals surface area contributed by atoms with Crippen LogP contribution in [0.15, 0.2) is 24.5 Å². The lowest BCUT2D eigenvalue weighted by atomic mass is 9.92. The highest BCUT2D eigenvalue weighted by Crippen LogP contribution is 2.35. The molecule has 6 rings (SSSR count). The molecule has 1 saturated heterocycles. The summed E-state index contributed by atoms with van der Waals surface area (Å²) in [6, 6.07) is 3.28. The van der Waals surface area contributed by atoms with Crippen LogP contribution >= 0.6 is 0 Å². The number of aliphatic hydroxyl groups is 1. The van der Waals surface area contributed by atoms with Crippen molar-refractivity contribution in [2.24, 2.45) is 0 Å². The largest absolute Gasteiger partial charge is 0.494 e. The van der Waals surface area contributed by atoms with Crippen molar-refractivity contribution in [2.45, 2.75) is 63.1 Å². The Morgan fingerprint density at radius 3 is 2.80 bits per heavy atom. The summed E-state index contributed by atoms with van der Waals surface area (Å²) in [5.74, 6) is 0.551. The number of anilines is 2. The van der Waals surface area contributed by atoms with Crippen LogP contribution in [0, 0.1) is 5.82 Å². The summed E-state index contributed by atoms with van der Waals surface area (Å²) in [7, 11) is 1.41. The zero-order valence-corrected chi connectivity index (χ0v) is 19.8. The molecular formula is C24H29FN8O2. The number of methoxy groups -OCH3 is 1. The third-order valence-electron chi connectivity index (χ3n) is 7.54. The topological polar surface area (TPSA) is 120 Å². The molecule has 184 valence electrons. The lowest BCUT2D eigenvalue weighted by Gasteiger charge is -2.37. The number of piperidine rings is 1. The summed E-state index contributed by atoms with van der Waals surface area (Å²) in [4.78, 5) is 11.5. The minimum Gasteiger partial charge on any atom is -0.494 e. The fourth-order valence-electron chi connectivity index (χ4n) is 5.54. The highest BCUT2D eigenvalue weighted by atomic mass is 19.1. The molecule has 0 amide bonds. The number of hydrogen-bond donors (Lipinski definition) is 2. The molecule has 3 N–H and O–H groups in total. The highest BCUT2D eigenvalue weighted by molar-refractivity contribution is 5.93. The molecule has 10 nitrogen and oxygen atoms in total. The van der Waals surface area contributed by atoms with E-state index in [1.165, 1.54) is 23.8 Å². The second-order valence-electron chi connectivity index (χ2n) is 9.70. The van der Waals surface area contributed by atoms with Crippen molar-refractivity contribution in [1.29, 1.82) is 0 Å². The molecule has 1 saturated carbocycles. The second kappa shape index (κ2) is 8.33.